The molecule has 3 aromatic rings. The lowest BCUT2D eigenvalue weighted by Crippen LogP contribution is -2.27. The van der Waals surface area contributed by atoms with Gasteiger partial charge >= 0.3 is 6.18 Å². The van der Waals surface area contributed by atoms with Crippen LogP contribution >= 0.6 is 11.6 Å². The molecule has 0 saturated carbocycles. The van der Waals surface area contributed by atoms with Crippen molar-refractivity contribution in [1.82, 2.24) is 20.0 Å². The minimum atomic E-state index is -4.60. The molecule has 1 amide bonds. The standard InChI is InChI=1S/C22H22ClF3N4O/c1-29(2)13-5-12-27-21(31)16-10-8-15(9-11-16)19-14-20(22(24,25)26)28-30(19)18-7-4-3-6-17(18)23/h3-4,6-11,14H,5,12-13H2,1-2H3,(H,27,31). The van der Waals surface area contributed by atoms with Crippen molar-refractivity contribution < 1.29 is 18.0 Å². The fourth-order valence-electron chi connectivity index (χ4n) is 3.02. The molecular formula is C22H22ClF3N4O. The summed E-state index contributed by atoms with van der Waals surface area (Å²) >= 11 is 6.19. The highest BCUT2D eigenvalue weighted by atomic mass is 35.5. The van der Waals surface area contributed by atoms with E-state index < -0.39 is 11.9 Å². The van der Waals surface area contributed by atoms with Crippen molar-refractivity contribution in [1.29, 1.82) is 0 Å². The van der Waals surface area contributed by atoms with Gasteiger partial charge < -0.3 is 10.2 Å². The first-order valence-corrected chi connectivity index (χ1v) is 10.00. The Kier molecular flexibility index (Phi) is 7.02. The first kappa shape index (κ1) is 22.8. The molecule has 1 N–H and O–H groups in total. The van der Waals surface area contributed by atoms with Crippen LogP contribution in [0.1, 0.15) is 22.5 Å². The molecule has 1 aromatic heterocycles. The minimum absolute atomic E-state index is 0.221. The molecule has 0 fully saturated rings. The van der Waals surface area contributed by atoms with Gasteiger partial charge in [0, 0.05) is 17.7 Å². The lowest BCUT2D eigenvalue weighted by atomic mass is 10.1. The Hall–Kier alpha value is -2.84. The van der Waals surface area contributed by atoms with E-state index in [9.17, 15) is 18.0 Å². The average Bonchev–Trinajstić information content (AvgIpc) is 3.17. The fraction of sp³-hybridized carbons (Fsp3) is 0.273. The van der Waals surface area contributed by atoms with Crippen LogP contribution in [-0.2, 0) is 6.18 Å². The fourth-order valence-corrected chi connectivity index (χ4v) is 3.24. The van der Waals surface area contributed by atoms with Crippen LogP contribution in [0.25, 0.3) is 16.9 Å². The van der Waals surface area contributed by atoms with E-state index in [1.54, 1.807) is 48.5 Å². The summed E-state index contributed by atoms with van der Waals surface area (Å²) in [5.74, 6) is -0.235. The van der Waals surface area contributed by atoms with E-state index in [0.717, 1.165) is 19.0 Å². The van der Waals surface area contributed by atoms with Crippen molar-refractivity contribution in [2.24, 2.45) is 0 Å². The molecule has 3 rings (SSSR count). The monoisotopic (exact) mass is 450 g/mol. The maximum absolute atomic E-state index is 13.3. The molecule has 164 valence electrons. The third-order valence-corrected chi connectivity index (χ3v) is 4.91. The Morgan fingerprint density at radius 3 is 2.42 bits per heavy atom. The molecule has 9 heteroatoms. The number of halogens is 4. The number of amides is 1. The Bertz CT molecular complexity index is 1050. The smallest absolute Gasteiger partial charge is 0.352 e. The first-order valence-electron chi connectivity index (χ1n) is 9.62. The van der Waals surface area contributed by atoms with Gasteiger partial charge in [0.1, 0.15) is 0 Å². The minimum Gasteiger partial charge on any atom is -0.352 e. The van der Waals surface area contributed by atoms with Crippen LogP contribution in [0.15, 0.2) is 54.6 Å². The Morgan fingerprint density at radius 1 is 1.13 bits per heavy atom. The van der Waals surface area contributed by atoms with Crippen LogP contribution in [-0.4, -0.2) is 47.8 Å². The van der Waals surface area contributed by atoms with E-state index in [2.05, 4.69) is 10.4 Å². The van der Waals surface area contributed by atoms with Crippen LogP contribution in [0, 0.1) is 0 Å². The van der Waals surface area contributed by atoms with E-state index in [1.165, 1.54) is 4.68 Å². The zero-order chi connectivity index (χ0) is 22.6. The Labute approximate surface area is 183 Å². The molecule has 0 aliphatic heterocycles. The largest absolute Gasteiger partial charge is 0.435 e. The van der Waals surface area contributed by atoms with E-state index in [4.69, 9.17) is 11.6 Å². The van der Waals surface area contributed by atoms with E-state index in [-0.39, 0.29) is 16.6 Å². The second-order valence-corrected chi connectivity index (χ2v) is 7.67. The zero-order valence-electron chi connectivity index (χ0n) is 17.1. The molecule has 0 atom stereocenters. The number of rotatable bonds is 7. The SMILES string of the molecule is CN(C)CCCNC(=O)c1ccc(-c2cc(C(F)(F)F)nn2-c2ccccc2Cl)cc1. The second-order valence-electron chi connectivity index (χ2n) is 7.27. The highest BCUT2D eigenvalue weighted by Gasteiger charge is 2.35. The van der Waals surface area contributed by atoms with E-state index in [0.29, 0.717) is 23.4 Å². The molecule has 0 saturated heterocycles. The van der Waals surface area contributed by atoms with Crippen molar-refractivity contribution in [3.8, 4) is 16.9 Å². The van der Waals surface area contributed by atoms with Crippen LogP contribution in [0.5, 0.6) is 0 Å². The average molecular weight is 451 g/mol. The number of hydrogen-bond acceptors (Lipinski definition) is 3. The quantitative estimate of drug-likeness (QED) is 0.521. The first-order chi connectivity index (χ1) is 14.7. The van der Waals surface area contributed by atoms with Crippen LogP contribution < -0.4 is 5.32 Å². The van der Waals surface area contributed by atoms with Gasteiger partial charge in [-0.3, -0.25) is 4.79 Å². The van der Waals surface area contributed by atoms with Crippen molar-refractivity contribution in [2.75, 3.05) is 27.2 Å². The van der Waals surface area contributed by atoms with Gasteiger partial charge in [-0.25, -0.2) is 4.68 Å². The molecule has 0 radical (unpaired) electrons. The third kappa shape index (κ3) is 5.65. The number of hydrogen-bond donors (Lipinski definition) is 1. The molecule has 31 heavy (non-hydrogen) atoms. The maximum atomic E-state index is 13.3. The molecular weight excluding hydrogens is 429 g/mol. The van der Waals surface area contributed by atoms with Gasteiger partial charge in [0.05, 0.1) is 16.4 Å². The van der Waals surface area contributed by atoms with Crippen molar-refractivity contribution in [3.05, 3.63) is 70.9 Å². The van der Waals surface area contributed by atoms with Gasteiger partial charge in [-0.15, -0.1) is 0 Å². The summed E-state index contributed by atoms with van der Waals surface area (Å²) in [4.78, 5) is 14.3. The molecule has 0 unspecified atom stereocenters. The predicted molar refractivity (Wildman–Crippen MR) is 115 cm³/mol. The molecule has 2 aromatic carbocycles. The lowest BCUT2D eigenvalue weighted by Gasteiger charge is -2.11. The molecule has 5 nitrogen and oxygen atoms in total. The van der Waals surface area contributed by atoms with Gasteiger partial charge in [-0.05, 0) is 57.4 Å². The number of nitrogens with zero attached hydrogens (tertiary/aromatic N) is 3. The number of nitrogens with one attached hydrogen (secondary N) is 1. The van der Waals surface area contributed by atoms with Gasteiger partial charge in [0.2, 0.25) is 0 Å². The van der Waals surface area contributed by atoms with Gasteiger partial charge in [0.15, 0.2) is 5.69 Å². The Balaban J connectivity index is 1.88. The van der Waals surface area contributed by atoms with E-state index in [1.807, 2.05) is 19.0 Å². The number of alkyl halides is 3. The third-order valence-electron chi connectivity index (χ3n) is 4.59. The van der Waals surface area contributed by atoms with Crippen LogP contribution in [0.4, 0.5) is 13.2 Å². The number of carbonyl (C=O) groups is 1. The second kappa shape index (κ2) is 9.53. The number of carbonyl (C=O) groups excluding carboxylic acids is 1. The predicted octanol–water partition coefficient (Wildman–Crippen LogP) is 4.89. The normalized spacial score (nSPS) is 11.7. The summed E-state index contributed by atoms with van der Waals surface area (Å²) in [6, 6.07) is 13.9. The summed E-state index contributed by atoms with van der Waals surface area (Å²) in [7, 11) is 3.91. The number of para-hydroxylation sites is 1. The Morgan fingerprint density at radius 2 is 1.81 bits per heavy atom. The van der Waals surface area contributed by atoms with Crippen LogP contribution in [0.3, 0.4) is 0 Å². The van der Waals surface area contributed by atoms with Gasteiger partial charge in [0.25, 0.3) is 5.91 Å². The molecule has 1 heterocycles. The van der Waals surface area contributed by atoms with E-state index >= 15 is 0 Å². The summed E-state index contributed by atoms with van der Waals surface area (Å²) in [5.41, 5.74) is 0.432. The lowest BCUT2D eigenvalue weighted by molar-refractivity contribution is -0.141. The van der Waals surface area contributed by atoms with Crippen molar-refractivity contribution in [3.63, 3.8) is 0 Å². The van der Waals surface area contributed by atoms with Crippen molar-refractivity contribution in [2.45, 2.75) is 12.6 Å². The summed E-state index contributed by atoms with van der Waals surface area (Å²) in [6.07, 6.45) is -3.79. The summed E-state index contributed by atoms with van der Waals surface area (Å²) < 4.78 is 41.1. The maximum Gasteiger partial charge on any atom is 0.435 e. The summed E-state index contributed by atoms with van der Waals surface area (Å²) in [6.45, 7) is 1.39. The molecule has 0 bridgehead atoms. The number of benzene rings is 2. The molecule has 0 aliphatic carbocycles. The zero-order valence-corrected chi connectivity index (χ0v) is 17.8. The summed E-state index contributed by atoms with van der Waals surface area (Å²) in [5, 5.41) is 6.84. The molecule has 0 spiro atoms. The van der Waals surface area contributed by atoms with Gasteiger partial charge in [-0.2, -0.15) is 18.3 Å². The highest BCUT2D eigenvalue weighted by molar-refractivity contribution is 6.32. The number of aromatic nitrogens is 2. The van der Waals surface area contributed by atoms with Crippen LogP contribution in [0.2, 0.25) is 5.02 Å². The molecule has 0 aliphatic rings. The topological polar surface area (TPSA) is 50.2 Å². The highest BCUT2D eigenvalue weighted by Crippen LogP contribution is 2.34. The van der Waals surface area contributed by atoms with Gasteiger partial charge in [-0.1, -0.05) is 35.9 Å². The van der Waals surface area contributed by atoms with Crippen molar-refractivity contribution >= 4 is 17.5 Å².